The first-order valence-electron chi connectivity index (χ1n) is 6.23. The fourth-order valence-electron chi connectivity index (χ4n) is 1.82. The molecule has 7 heteroatoms. The van der Waals surface area contributed by atoms with Crippen molar-refractivity contribution in [3.63, 3.8) is 0 Å². The molecule has 1 aromatic carbocycles. The maximum atomic E-state index is 12.1. The molecule has 0 aliphatic heterocycles. The minimum atomic E-state index is -0.470. The fourth-order valence-corrected chi connectivity index (χ4v) is 2.50. The molecule has 1 aromatic heterocycles. The summed E-state index contributed by atoms with van der Waals surface area (Å²) in [5, 5.41) is 0.323. The van der Waals surface area contributed by atoms with E-state index in [0.29, 0.717) is 22.8 Å². The van der Waals surface area contributed by atoms with Gasteiger partial charge < -0.3 is 4.57 Å². The zero-order chi connectivity index (χ0) is 15.4. The molecule has 0 spiro atoms. The van der Waals surface area contributed by atoms with Crippen molar-refractivity contribution in [3.05, 3.63) is 57.3 Å². The molecular weight excluding hydrogens is 358 g/mol. The minimum absolute atomic E-state index is 0.298. The molecule has 0 atom stereocenters. The van der Waals surface area contributed by atoms with Crippen molar-refractivity contribution >= 4 is 39.3 Å². The standard InChI is InChI=1S/C14H13BrClN3O2/c1-2-19-8-9(15)7-12(19)14(21)18-17-13(20)10-5-3-4-6-11(10)16/h3-8H,2H2,1H3,(H,17,20)(H,18,21). The van der Waals surface area contributed by atoms with Gasteiger partial charge in [0, 0.05) is 17.2 Å². The summed E-state index contributed by atoms with van der Waals surface area (Å²) in [5.74, 6) is -0.870. The van der Waals surface area contributed by atoms with Crippen LogP contribution in [0.5, 0.6) is 0 Å². The van der Waals surface area contributed by atoms with Gasteiger partial charge in [-0.05, 0) is 41.1 Å². The van der Waals surface area contributed by atoms with Crippen molar-refractivity contribution in [2.75, 3.05) is 0 Å². The first kappa shape index (κ1) is 15.6. The predicted molar refractivity (Wildman–Crippen MR) is 84.2 cm³/mol. The third-order valence-corrected chi connectivity index (χ3v) is 3.61. The van der Waals surface area contributed by atoms with Gasteiger partial charge in [0.15, 0.2) is 0 Å². The number of amides is 2. The first-order valence-corrected chi connectivity index (χ1v) is 7.41. The Labute approximate surface area is 135 Å². The predicted octanol–water partition coefficient (Wildman–Crippen LogP) is 3.00. The lowest BCUT2D eigenvalue weighted by Crippen LogP contribution is -2.42. The second-order valence-electron chi connectivity index (χ2n) is 4.22. The molecule has 0 aliphatic carbocycles. The number of benzene rings is 1. The van der Waals surface area contributed by atoms with Gasteiger partial charge in [-0.3, -0.25) is 20.4 Å². The normalized spacial score (nSPS) is 10.2. The number of halogens is 2. The van der Waals surface area contributed by atoms with E-state index in [1.165, 1.54) is 0 Å². The van der Waals surface area contributed by atoms with Crippen molar-refractivity contribution in [2.24, 2.45) is 0 Å². The van der Waals surface area contributed by atoms with Crippen molar-refractivity contribution < 1.29 is 9.59 Å². The lowest BCUT2D eigenvalue weighted by molar-refractivity contribution is 0.0841. The molecule has 0 saturated heterocycles. The van der Waals surface area contributed by atoms with Crippen molar-refractivity contribution in [1.82, 2.24) is 15.4 Å². The van der Waals surface area contributed by atoms with Gasteiger partial charge >= 0.3 is 0 Å². The van der Waals surface area contributed by atoms with E-state index < -0.39 is 11.8 Å². The molecule has 0 aliphatic rings. The molecule has 0 saturated carbocycles. The van der Waals surface area contributed by atoms with E-state index >= 15 is 0 Å². The molecule has 0 fully saturated rings. The second-order valence-corrected chi connectivity index (χ2v) is 5.54. The van der Waals surface area contributed by atoms with Gasteiger partial charge in [0.25, 0.3) is 11.8 Å². The summed E-state index contributed by atoms with van der Waals surface area (Å²) in [6.45, 7) is 2.57. The maximum Gasteiger partial charge on any atom is 0.286 e. The summed E-state index contributed by atoms with van der Waals surface area (Å²) in [4.78, 5) is 24.0. The molecule has 0 unspecified atom stereocenters. The summed E-state index contributed by atoms with van der Waals surface area (Å²) < 4.78 is 2.56. The van der Waals surface area contributed by atoms with Crippen LogP contribution in [0.4, 0.5) is 0 Å². The lowest BCUT2D eigenvalue weighted by atomic mass is 10.2. The second kappa shape index (κ2) is 6.78. The highest BCUT2D eigenvalue weighted by atomic mass is 79.9. The van der Waals surface area contributed by atoms with Gasteiger partial charge in [-0.1, -0.05) is 23.7 Å². The molecule has 21 heavy (non-hydrogen) atoms. The van der Waals surface area contributed by atoms with E-state index in [1.54, 1.807) is 41.1 Å². The SMILES string of the molecule is CCn1cc(Br)cc1C(=O)NNC(=O)c1ccccc1Cl. The molecule has 2 N–H and O–H groups in total. The van der Waals surface area contributed by atoms with Crippen LogP contribution in [-0.2, 0) is 6.54 Å². The fraction of sp³-hybridized carbons (Fsp3) is 0.143. The van der Waals surface area contributed by atoms with E-state index in [-0.39, 0.29) is 0 Å². The van der Waals surface area contributed by atoms with E-state index in [2.05, 4.69) is 26.8 Å². The lowest BCUT2D eigenvalue weighted by Gasteiger charge is -2.09. The molecule has 110 valence electrons. The number of rotatable bonds is 3. The number of carbonyl (C=O) groups is 2. The maximum absolute atomic E-state index is 12.1. The summed E-state index contributed by atoms with van der Waals surface area (Å²) in [7, 11) is 0. The number of aryl methyl sites for hydroxylation is 1. The van der Waals surface area contributed by atoms with Crippen LogP contribution in [0.3, 0.4) is 0 Å². The van der Waals surface area contributed by atoms with Crippen LogP contribution >= 0.6 is 27.5 Å². The number of nitrogens with one attached hydrogen (secondary N) is 2. The van der Waals surface area contributed by atoms with Crippen LogP contribution in [0.2, 0.25) is 5.02 Å². The van der Waals surface area contributed by atoms with Gasteiger partial charge in [0.05, 0.1) is 10.6 Å². The summed E-state index contributed by atoms with van der Waals surface area (Å²) in [6.07, 6.45) is 1.80. The number of hydrogen-bond acceptors (Lipinski definition) is 2. The molecule has 2 rings (SSSR count). The largest absolute Gasteiger partial charge is 0.343 e. The van der Waals surface area contributed by atoms with Gasteiger partial charge in [-0.25, -0.2) is 0 Å². The average molecular weight is 371 g/mol. The van der Waals surface area contributed by atoms with Crippen LogP contribution in [0.1, 0.15) is 27.8 Å². The number of hydrazine groups is 1. The molecule has 1 heterocycles. The average Bonchev–Trinajstić information content (AvgIpc) is 2.86. The van der Waals surface area contributed by atoms with Gasteiger partial charge in [-0.15, -0.1) is 0 Å². The van der Waals surface area contributed by atoms with Crippen LogP contribution < -0.4 is 10.9 Å². The first-order chi connectivity index (χ1) is 10.0. The van der Waals surface area contributed by atoms with Crippen molar-refractivity contribution in [3.8, 4) is 0 Å². The van der Waals surface area contributed by atoms with Crippen LogP contribution in [0.15, 0.2) is 41.0 Å². The number of hydrogen-bond donors (Lipinski definition) is 2. The molecule has 2 aromatic rings. The Bertz CT molecular complexity index is 685. The van der Waals surface area contributed by atoms with Crippen LogP contribution in [0.25, 0.3) is 0 Å². The Morgan fingerprint density at radius 1 is 1.24 bits per heavy atom. The van der Waals surface area contributed by atoms with E-state index in [0.717, 1.165) is 4.47 Å². The van der Waals surface area contributed by atoms with Crippen LogP contribution in [-0.4, -0.2) is 16.4 Å². The monoisotopic (exact) mass is 369 g/mol. The number of nitrogens with zero attached hydrogens (tertiary/aromatic N) is 1. The van der Waals surface area contributed by atoms with Crippen molar-refractivity contribution in [2.45, 2.75) is 13.5 Å². The van der Waals surface area contributed by atoms with Crippen molar-refractivity contribution in [1.29, 1.82) is 0 Å². The molecule has 5 nitrogen and oxygen atoms in total. The Kier molecular flexibility index (Phi) is 5.03. The molecule has 0 bridgehead atoms. The Morgan fingerprint density at radius 2 is 1.90 bits per heavy atom. The highest BCUT2D eigenvalue weighted by Crippen LogP contribution is 2.15. The zero-order valence-electron chi connectivity index (χ0n) is 11.2. The van der Waals surface area contributed by atoms with Crippen LogP contribution in [0, 0.1) is 0 Å². The Hall–Kier alpha value is -1.79. The summed E-state index contributed by atoms with van der Waals surface area (Å²) in [6, 6.07) is 8.29. The smallest absolute Gasteiger partial charge is 0.286 e. The minimum Gasteiger partial charge on any atom is -0.343 e. The van der Waals surface area contributed by atoms with Gasteiger partial charge in [-0.2, -0.15) is 0 Å². The quantitative estimate of drug-likeness (QED) is 0.816. The number of carbonyl (C=O) groups excluding carboxylic acids is 2. The third-order valence-electron chi connectivity index (χ3n) is 2.84. The highest BCUT2D eigenvalue weighted by molar-refractivity contribution is 9.10. The highest BCUT2D eigenvalue weighted by Gasteiger charge is 2.14. The van der Waals surface area contributed by atoms with E-state index in [1.807, 2.05) is 6.92 Å². The van der Waals surface area contributed by atoms with Gasteiger partial charge in [0.1, 0.15) is 5.69 Å². The van der Waals surface area contributed by atoms with Gasteiger partial charge in [0.2, 0.25) is 0 Å². The summed E-state index contributed by atoms with van der Waals surface area (Å²) >= 11 is 9.23. The van der Waals surface area contributed by atoms with E-state index in [4.69, 9.17) is 11.6 Å². The number of aromatic nitrogens is 1. The third kappa shape index (κ3) is 3.65. The Balaban J connectivity index is 2.04. The molecule has 0 radical (unpaired) electrons. The molecular formula is C14H13BrClN3O2. The molecule has 2 amide bonds. The summed E-state index contributed by atoms with van der Waals surface area (Å²) in [5.41, 5.74) is 5.47. The van der Waals surface area contributed by atoms with E-state index in [9.17, 15) is 9.59 Å². The topological polar surface area (TPSA) is 63.1 Å². The zero-order valence-corrected chi connectivity index (χ0v) is 13.5. The Morgan fingerprint density at radius 3 is 2.57 bits per heavy atom.